The van der Waals surface area contributed by atoms with Crippen molar-refractivity contribution in [2.45, 2.75) is 39.3 Å². The van der Waals surface area contributed by atoms with Gasteiger partial charge in [-0.25, -0.2) is 0 Å². The molecule has 0 bridgehead atoms. The lowest BCUT2D eigenvalue weighted by atomic mass is 10.1. The van der Waals surface area contributed by atoms with Crippen molar-refractivity contribution >= 4 is 35.8 Å². The van der Waals surface area contributed by atoms with Crippen LogP contribution in [-0.2, 0) is 24.2 Å². The molecule has 0 fully saturated rings. The lowest BCUT2D eigenvalue weighted by Crippen LogP contribution is -2.43. The first-order valence-corrected chi connectivity index (χ1v) is 10.8. The summed E-state index contributed by atoms with van der Waals surface area (Å²) in [4.78, 5) is 16.3. The van der Waals surface area contributed by atoms with Crippen LogP contribution in [0, 0.1) is 0 Å². The molecule has 0 aliphatic carbocycles. The summed E-state index contributed by atoms with van der Waals surface area (Å²) in [5.41, 5.74) is 3.37. The van der Waals surface area contributed by atoms with Gasteiger partial charge in [-0.3, -0.25) is 9.79 Å². The maximum Gasteiger partial charge on any atom is 0.239 e. The first-order valence-electron chi connectivity index (χ1n) is 10.8. The van der Waals surface area contributed by atoms with E-state index in [2.05, 4.69) is 46.1 Å². The number of amides is 1. The van der Waals surface area contributed by atoms with Crippen molar-refractivity contribution in [3.63, 3.8) is 0 Å². The SMILES string of the molecule is CCOc1cc2c(cc1CNC(=NC)NCC(=O)NCCc1ccccc1)OC(C)C2.I. The van der Waals surface area contributed by atoms with E-state index >= 15 is 0 Å². The molecule has 1 aliphatic heterocycles. The molecule has 1 aliphatic rings. The number of aliphatic imine (C=N–C) groups is 1. The van der Waals surface area contributed by atoms with Gasteiger partial charge in [0.1, 0.15) is 17.6 Å². The summed E-state index contributed by atoms with van der Waals surface area (Å²) >= 11 is 0. The van der Waals surface area contributed by atoms with E-state index < -0.39 is 0 Å². The fourth-order valence-corrected chi connectivity index (χ4v) is 3.53. The fourth-order valence-electron chi connectivity index (χ4n) is 3.53. The van der Waals surface area contributed by atoms with Gasteiger partial charge >= 0.3 is 0 Å². The van der Waals surface area contributed by atoms with Crippen LogP contribution >= 0.6 is 24.0 Å². The van der Waals surface area contributed by atoms with E-state index in [1.54, 1.807) is 7.05 Å². The van der Waals surface area contributed by atoms with E-state index in [1.165, 1.54) is 11.1 Å². The molecule has 32 heavy (non-hydrogen) atoms. The predicted molar refractivity (Wildman–Crippen MR) is 138 cm³/mol. The number of ether oxygens (including phenoxy) is 2. The lowest BCUT2D eigenvalue weighted by molar-refractivity contribution is -0.119. The van der Waals surface area contributed by atoms with E-state index in [9.17, 15) is 4.79 Å². The number of rotatable bonds is 9. The number of fused-ring (bicyclic) bond motifs is 1. The van der Waals surface area contributed by atoms with Gasteiger partial charge in [0, 0.05) is 37.7 Å². The Kier molecular flexibility index (Phi) is 10.6. The van der Waals surface area contributed by atoms with Crippen LogP contribution in [0.25, 0.3) is 0 Å². The van der Waals surface area contributed by atoms with Crippen molar-refractivity contribution in [1.82, 2.24) is 16.0 Å². The predicted octanol–water partition coefficient (Wildman–Crippen LogP) is 3.05. The second-order valence-electron chi connectivity index (χ2n) is 7.50. The highest BCUT2D eigenvalue weighted by molar-refractivity contribution is 14.0. The van der Waals surface area contributed by atoms with Crippen molar-refractivity contribution in [3.8, 4) is 11.5 Å². The minimum Gasteiger partial charge on any atom is -0.494 e. The Morgan fingerprint density at radius 3 is 2.69 bits per heavy atom. The summed E-state index contributed by atoms with van der Waals surface area (Å²) in [6.07, 6.45) is 1.88. The Bertz CT molecular complexity index is 906. The number of hydrogen-bond acceptors (Lipinski definition) is 4. The fraction of sp³-hybridized carbons (Fsp3) is 0.417. The zero-order valence-corrected chi connectivity index (χ0v) is 21.3. The van der Waals surface area contributed by atoms with Gasteiger partial charge in [-0.1, -0.05) is 30.3 Å². The normalized spacial score (nSPS) is 14.6. The molecule has 3 rings (SSSR count). The van der Waals surface area contributed by atoms with Gasteiger partial charge < -0.3 is 25.4 Å². The molecule has 8 heteroatoms. The second kappa shape index (κ2) is 13.1. The van der Waals surface area contributed by atoms with Crippen LogP contribution in [0.1, 0.15) is 30.5 Å². The Balaban J connectivity index is 0.00000363. The molecule has 1 amide bonds. The van der Waals surface area contributed by atoms with Crippen molar-refractivity contribution in [2.24, 2.45) is 4.99 Å². The molecule has 174 valence electrons. The summed E-state index contributed by atoms with van der Waals surface area (Å²) in [5.74, 6) is 2.23. The topological polar surface area (TPSA) is 84.0 Å². The molecule has 2 aromatic rings. The van der Waals surface area contributed by atoms with E-state index in [-0.39, 0.29) is 42.5 Å². The Labute approximate surface area is 207 Å². The summed E-state index contributed by atoms with van der Waals surface area (Å²) in [5, 5.41) is 9.22. The Morgan fingerprint density at radius 2 is 1.97 bits per heavy atom. The molecule has 7 nitrogen and oxygen atoms in total. The van der Waals surface area contributed by atoms with Crippen molar-refractivity contribution in [2.75, 3.05) is 26.7 Å². The smallest absolute Gasteiger partial charge is 0.239 e. The highest BCUT2D eigenvalue weighted by atomic mass is 127. The zero-order chi connectivity index (χ0) is 22.1. The molecule has 0 saturated carbocycles. The third-order valence-corrected chi connectivity index (χ3v) is 5.04. The number of carbonyl (C=O) groups is 1. The number of nitrogens with one attached hydrogen (secondary N) is 3. The lowest BCUT2D eigenvalue weighted by Gasteiger charge is -2.15. The number of hydrogen-bond donors (Lipinski definition) is 3. The highest BCUT2D eigenvalue weighted by Crippen LogP contribution is 2.35. The van der Waals surface area contributed by atoms with Gasteiger partial charge in [-0.15, -0.1) is 24.0 Å². The standard InChI is InChI=1S/C24H32N4O3.HI/c1-4-30-21-13-19-12-17(2)31-22(19)14-20(21)15-27-24(25-3)28-16-23(29)26-11-10-18-8-6-5-7-9-18;/h5-9,13-14,17H,4,10-12,15-16H2,1-3H3,(H,26,29)(H2,25,27,28);1H. The largest absolute Gasteiger partial charge is 0.494 e. The van der Waals surface area contributed by atoms with Crippen molar-refractivity contribution in [1.29, 1.82) is 0 Å². The molecule has 0 spiro atoms. The number of carbonyl (C=O) groups excluding carboxylic acids is 1. The summed E-state index contributed by atoms with van der Waals surface area (Å²) in [7, 11) is 1.68. The van der Waals surface area contributed by atoms with Gasteiger partial charge in [0.05, 0.1) is 13.2 Å². The third-order valence-electron chi connectivity index (χ3n) is 5.04. The molecule has 1 atom stereocenters. The van der Waals surface area contributed by atoms with Gasteiger partial charge in [0.15, 0.2) is 5.96 Å². The quantitative estimate of drug-likeness (QED) is 0.253. The second-order valence-corrected chi connectivity index (χ2v) is 7.50. The van der Waals surface area contributed by atoms with Crippen molar-refractivity contribution < 1.29 is 14.3 Å². The summed E-state index contributed by atoms with van der Waals surface area (Å²) in [6.45, 7) is 5.89. The monoisotopic (exact) mass is 552 g/mol. The first-order chi connectivity index (χ1) is 15.1. The number of guanidine groups is 1. The molecule has 2 aromatic carbocycles. The Hall–Kier alpha value is -2.49. The van der Waals surface area contributed by atoms with Gasteiger partial charge in [0.2, 0.25) is 5.91 Å². The molecular formula is C24H33IN4O3. The highest BCUT2D eigenvalue weighted by Gasteiger charge is 2.22. The van der Waals surface area contributed by atoms with Crippen LogP contribution in [0.2, 0.25) is 0 Å². The molecule has 0 aromatic heterocycles. The minimum absolute atomic E-state index is 0. The average Bonchev–Trinajstić information content (AvgIpc) is 3.13. The number of halogens is 1. The summed E-state index contributed by atoms with van der Waals surface area (Å²) < 4.78 is 11.7. The Morgan fingerprint density at radius 1 is 1.19 bits per heavy atom. The van der Waals surface area contributed by atoms with Crippen LogP contribution in [0.3, 0.4) is 0 Å². The first kappa shape index (κ1) is 25.8. The molecule has 0 radical (unpaired) electrons. The average molecular weight is 552 g/mol. The van der Waals surface area contributed by atoms with Crippen LogP contribution in [0.4, 0.5) is 0 Å². The van der Waals surface area contributed by atoms with Crippen LogP contribution in [0.5, 0.6) is 11.5 Å². The molecular weight excluding hydrogens is 519 g/mol. The molecule has 1 unspecified atom stereocenters. The van der Waals surface area contributed by atoms with E-state index in [4.69, 9.17) is 9.47 Å². The van der Waals surface area contributed by atoms with Crippen LogP contribution in [-0.4, -0.2) is 44.7 Å². The minimum atomic E-state index is -0.0752. The van der Waals surface area contributed by atoms with E-state index in [1.807, 2.05) is 31.2 Å². The van der Waals surface area contributed by atoms with E-state index in [0.717, 1.165) is 29.9 Å². The van der Waals surface area contributed by atoms with E-state index in [0.29, 0.717) is 25.7 Å². The third kappa shape index (κ3) is 7.58. The number of benzene rings is 2. The molecule has 3 N–H and O–H groups in total. The maximum atomic E-state index is 12.1. The van der Waals surface area contributed by atoms with Crippen LogP contribution in [0.15, 0.2) is 47.5 Å². The molecule has 0 saturated heterocycles. The van der Waals surface area contributed by atoms with Crippen LogP contribution < -0.4 is 25.4 Å². The van der Waals surface area contributed by atoms with Gasteiger partial charge in [-0.2, -0.15) is 0 Å². The van der Waals surface area contributed by atoms with Gasteiger partial charge in [0.25, 0.3) is 0 Å². The van der Waals surface area contributed by atoms with Gasteiger partial charge in [-0.05, 0) is 38.0 Å². The summed E-state index contributed by atoms with van der Waals surface area (Å²) in [6, 6.07) is 14.2. The number of nitrogens with zero attached hydrogens (tertiary/aromatic N) is 1. The molecule has 1 heterocycles. The maximum absolute atomic E-state index is 12.1. The zero-order valence-electron chi connectivity index (χ0n) is 18.9. The van der Waals surface area contributed by atoms with Crippen molar-refractivity contribution in [3.05, 3.63) is 59.2 Å².